The summed E-state index contributed by atoms with van der Waals surface area (Å²) in [5.41, 5.74) is 0.513. The quantitative estimate of drug-likeness (QED) is 0.779. The molecule has 2 atom stereocenters. The average molecular weight is 404 g/mol. The first kappa shape index (κ1) is 19.7. The molecular formula is C18H24Cl2FN3O2. The van der Waals surface area contributed by atoms with Crippen LogP contribution in [-0.2, 0) is 4.74 Å². The van der Waals surface area contributed by atoms with Gasteiger partial charge in [-0.3, -0.25) is 4.90 Å². The van der Waals surface area contributed by atoms with Crippen molar-refractivity contribution in [2.24, 2.45) is 0 Å². The lowest BCUT2D eigenvalue weighted by molar-refractivity contribution is 0.0559. The molecule has 2 fully saturated rings. The summed E-state index contributed by atoms with van der Waals surface area (Å²) >= 11 is 11.9. The molecule has 3 rings (SSSR count). The van der Waals surface area contributed by atoms with Crippen molar-refractivity contribution < 1.29 is 13.9 Å². The maximum Gasteiger partial charge on any atom is 0.317 e. The van der Waals surface area contributed by atoms with Crippen molar-refractivity contribution in [2.75, 3.05) is 39.3 Å². The summed E-state index contributed by atoms with van der Waals surface area (Å²) in [6, 6.07) is 2.06. The summed E-state index contributed by atoms with van der Waals surface area (Å²) in [6.07, 6.45) is 2.59. The van der Waals surface area contributed by atoms with Crippen LogP contribution >= 0.6 is 23.2 Å². The van der Waals surface area contributed by atoms with Crippen LogP contribution in [0.2, 0.25) is 10.0 Å². The molecule has 8 heteroatoms. The molecule has 2 aliphatic heterocycles. The minimum atomic E-state index is -0.546. The van der Waals surface area contributed by atoms with Gasteiger partial charge in [0, 0.05) is 44.4 Å². The topological polar surface area (TPSA) is 44.8 Å². The number of urea groups is 1. The second-order valence-electron chi connectivity index (χ2n) is 6.88. The van der Waals surface area contributed by atoms with Gasteiger partial charge in [0.05, 0.1) is 17.2 Å². The molecule has 0 aromatic heterocycles. The molecule has 0 saturated carbocycles. The largest absolute Gasteiger partial charge is 0.377 e. The monoisotopic (exact) mass is 403 g/mol. The normalized spacial score (nSPS) is 22.5. The molecule has 5 nitrogen and oxygen atoms in total. The number of hydrogen-bond acceptors (Lipinski definition) is 3. The molecule has 2 saturated heterocycles. The van der Waals surface area contributed by atoms with E-state index < -0.39 is 11.9 Å². The summed E-state index contributed by atoms with van der Waals surface area (Å²) in [5.74, 6) is -0.546. The third-order valence-electron chi connectivity index (χ3n) is 4.99. The van der Waals surface area contributed by atoms with Crippen LogP contribution in [0.25, 0.3) is 0 Å². The number of halogens is 3. The highest BCUT2D eigenvalue weighted by Crippen LogP contribution is 2.28. The van der Waals surface area contributed by atoms with Crippen molar-refractivity contribution in [3.63, 3.8) is 0 Å². The molecule has 0 radical (unpaired) electrons. The molecule has 2 amide bonds. The molecule has 0 bridgehead atoms. The fourth-order valence-electron chi connectivity index (χ4n) is 3.43. The van der Waals surface area contributed by atoms with Crippen LogP contribution in [-0.4, -0.2) is 61.3 Å². The predicted molar refractivity (Wildman–Crippen MR) is 100 cm³/mol. The van der Waals surface area contributed by atoms with Gasteiger partial charge in [0.25, 0.3) is 0 Å². The van der Waals surface area contributed by atoms with Crippen molar-refractivity contribution in [3.05, 3.63) is 33.6 Å². The van der Waals surface area contributed by atoms with Crippen molar-refractivity contribution in [2.45, 2.75) is 31.9 Å². The number of nitrogens with zero attached hydrogens (tertiary/aromatic N) is 2. The third kappa shape index (κ3) is 4.80. The summed E-state index contributed by atoms with van der Waals surface area (Å²) in [5, 5.41) is 3.20. The van der Waals surface area contributed by atoms with E-state index in [1.807, 2.05) is 0 Å². The van der Waals surface area contributed by atoms with Crippen molar-refractivity contribution in [3.8, 4) is 0 Å². The number of piperazine rings is 1. The van der Waals surface area contributed by atoms with Crippen LogP contribution in [0.4, 0.5) is 9.18 Å². The highest BCUT2D eigenvalue weighted by atomic mass is 35.5. The van der Waals surface area contributed by atoms with Crippen LogP contribution < -0.4 is 5.32 Å². The lowest BCUT2D eigenvalue weighted by Crippen LogP contribution is -2.53. The van der Waals surface area contributed by atoms with Gasteiger partial charge in [-0.15, -0.1) is 0 Å². The van der Waals surface area contributed by atoms with E-state index in [1.54, 1.807) is 11.8 Å². The fourth-order valence-corrected chi connectivity index (χ4v) is 3.98. The van der Waals surface area contributed by atoms with E-state index in [0.717, 1.165) is 39.1 Å². The second-order valence-corrected chi connectivity index (χ2v) is 7.70. The maximum atomic E-state index is 13.7. The number of hydrogen-bond donors (Lipinski definition) is 1. The highest BCUT2D eigenvalue weighted by molar-refractivity contribution is 6.35. The van der Waals surface area contributed by atoms with E-state index in [4.69, 9.17) is 27.9 Å². The summed E-state index contributed by atoms with van der Waals surface area (Å²) in [6.45, 7) is 6.56. The van der Waals surface area contributed by atoms with Crippen molar-refractivity contribution in [1.29, 1.82) is 0 Å². The molecule has 0 spiro atoms. The Balaban J connectivity index is 1.50. The predicted octanol–water partition coefficient (Wildman–Crippen LogP) is 3.70. The SMILES string of the molecule is CC(NC(=O)N1CCN(CC2CCCO2)CC1)c1cc(F)c(Cl)cc1Cl. The van der Waals surface area contributed by atoms with Crippen molar-refractivity contribution >= 4 is 29.2 Å². The number of amides is 2. The van der Waals surface area contributed by atoms with E-state index in [9.17, 15) is 9.18 Å². The first-order valence-corrected chi connectivity index (χ1v) is 9.73. The van der Waals surface area contributed by atoms with Gasteiger partial charge < -0.3 is 15.0 Å². The number of carbonyl (C=O) groups is 1. The van der Waals surface area contributed by atoms with E-state index in [2.05, 4.69) is 10.2 Å². The zero-order valence-electron chi connectivity index (χ0n) is 14.8. The third-order valence-corrected chi connectivity index (χ3v) is 5.61. The molecule has 144 valence electrons. The van der Waals surface area contributed by atoms with Crippen LogP contribution in [0.15, 0.2) is 12.1 Å². The molecule has 1 aromatic carbocycles. The molecule has 1 N–H and O–H groups in total. The van der Waals surface area contributed by atoms with Gasteiger partial charge in [0.2, 0.25) is 0 Å². The van der Waals surface area contributed by atoms with E-state index in [0.29, 0.717) is 29.8 Å². The zero-order valence-corrected chi connectivity index (χ0v) is 16.3. The van der Waals surface area contributed by atoms with Gasteiger partial charge in [0.1, 0.15) is 5.82 Å². The summed E-state index contributed by atoms with van der Waals surface area (Å²) < 4.78 is 19.4. The van der Waals surface area contributed by atoms with Gasteiger partial charge in [-0.2, -0.15) is 0 Å². The molecule has 2 heterocycles. The average Bonchev–Trinajstić information content (AvgIpc) is 3.11. The molecule has 2 aliphatic rings. The Morgan fingerprint density at radius 2 is 2.04 bits per heavy atom. The Bertz CT molecular complexity index is 648. The first-order chi connectivity index (χ1) is 12.4. The Hall–Kier alpha value is -1.08. The lowest BCUT2D eigenvalue weighted by atomic mass is 10.1. The minimum Gasteiger partial charge on any atom is -0.377 e. The Morgan fingerprint density at radius 1 is 1.31 bits per heavy atom. The van der Waals surface area contributed by atoms with Gasteiger partial charge >= 0.3 is 6.03 Å². The number of carbonyl (C=O) groups excluding carboxylic acids is 1. The maximum absolute atomic E-state index is 13.7. The van der Waals surface area contributed by atoms with Gasteiger partial charge in [-0.1, -0.05) is 23.2 Å². The van der Waals surface area contributed by atoms with Gasteiger partial charge in [-0.05, 0) is 37.5 Å². The fraction of sp³-hybridized carbons (Fsp3) is 0.611. The van der Waals surface area contributed by atoms with Crippen molar-refractivity contribution in [1.82, 2.24) is 15.1 Å². The molecule has 1 aromatic rings. The number of nitrogens with one attached hydrogen (secondary N) is 1. The van der Waals surface area contributed by atoms with Crippen LogP contribution in [0, 0.1) is 5.82 Å². The Labute approximate surface area is 163 Å². The molecule has 26 heavy (non-hydrogen) atoms. The van der Waals surface area contributed by atoms with E-state index in [-0.39, 0.29) is 11.1 Å². The van der Waals surface area contributed by atoms with Crippen LogP contribution in [0.5, 0.6) is 0 Å². The molecule has 0 aliphatic carbocycles. The molecular weight excluding hydrogens is 380 g/mol. The zero-order chi connectivity index (χ0) is 18.7. The van der Waals surface area contributed by atoms with E-state index in [1.165, 1.54) is 12.1 Å². The standard InChI is InChI=1S/C18H24Cl2FN3O2/c1-12(14-9-17(21)16(20)10-15(14)19)22-18(25)24-6-4-23(5-7-24)11-13-3-2-8-26-13/h9-10,12-13H,2-8,11H2,1H3,(H,22,25). The highest BCUT2D eigenvalue weighted by Gasteiger charge is 2.26. The van der Waals surface area contributed by atoms with Crippen LogP contribution in [0.3, 0.4) is 0 Å². The van der Waals surface area contributed by atoms with E-state index >= 15 is 0 Å². The van der Waals surface area contributed by atoms with Crippen LogP contribution in [0.1, 0.15) is 31.4 Å². The number of benzene rings is 1. The Kier molecular flexibility index (Phi) is 6.61. The summed E-state index contributed by atoms with van der Waals surface area (Å²) in [4.78, 5) is 16.6. The lowest BCUT2D eigenvalue weighted by Gasteiger charge is -2.36. The van der Waals surface area contributed by atoms with Gasteiger partial charge in [0.15, 0.2) is 0 Å². The smallest absolute Gasteiger partial charge is 0.317 e. The minimum absolute atomic E-state index is 0.0281. The summed E-state index contributed by atoms with van der Waals surface area (Å²) in [7, 11) is 0. The molecule has 2 unspecified atom stereocenters. The first-order valence-electron chi connectivity index (χ1n) is 8.98. The van der Waals surface area contributed by atoms with Gasteiger partial charge in [-0.25, -0.2) is 9.18 Å². The second kappa shape index (κ2) is 8.74. The Morgan fingerprint density at radius 3 is 2.69 bits per heavy atom. The number of ether oxygens (including phenoxy) is 1. The number of rotatable bonds is 4.